The van der Waals surface area contributed by atoms with Gasteiger partial charge in [0.15, 0.2) is 0 Å². The minimum atomic E-state index is -3.69. The molecule has 0 amide bonds. The van der Waals surface area contributed by atoms with Crippen molar-refractivity contribution in [1.29, 1.82) is 0 Å². The molecule has 5 nitrogen and oxygen atoms in total. The van der Waals surface area contributed by atoms with Gasteiger partial charge < -0.3 is 11.1 Å². The molecule has 1 aliphatic rings. The van der Waals surface area contributed by atoms with E-state index in [-0.39, 0.29) is 4.90 Å². The summed E-state index contributed by atoms with van der Waals surface area (Å²) in [4.78, 5) is 0.0422. The lowest BCUT2D eigenvalue weighted by Crippen LogP contribution is -2.21. The molecule has 0 spiro atoms. The zero-order valence-electron chi connectivity index (χ0n) is 11.3. The van der Waals surface area contributed by atoms with Crippen LogP contribution in [0.1, 0.15) is 26.7 Å². The first-order valence-corrected chi connectivity index (χ1v) is 7.95. The monoisotopic (exact) mass is 283 g/mol. The van der Waals surface area contributed by atoms with Crippen molar-refractivity contribution >= 4 is 21.4 Å². The lowest BCUT2D eigenvalue weighted by molar-refractivity contribution is 0.380. The van der Waals surface area contributed by atoms with Crippen molar-refractivity contribution in [1.82, 2.24) is 0 Å². The number of benzene rings is 1. The smallest absolute Gasteiger partial charge is 0.238 e. The Bertz CT molecular complexity index is 578. The molecule has 2 rings (SSSR count). The van der Waals surface area contributed by atoms with Gasteiger partial charge in [0.1, 0.15) is 0 Å². The number of sulfonamides is 1. The molecule has 0 unspecified atom stereocenters. The second-order valence-corrected chi connectivity index (χ2v) is 7.23. The highest BCUT2D eigenvalue weighted by atomic mass is 32.2. The van der Waals surface area contributed by atoms with Crippen LogP contribution in [-0.4, -0.2) is 15.0 Å². The second kappa shape index (κ2) is 4.68. The van der Waals surface area contributed by atoms with Crippen molar-refractivity contribution in [3.8, 4) is 0 Å². The molecular weight excluding hydrogens is 262 g/mol. The van der Waals surface area contributed by atoms with Crippen molar-refractivity contribution in [3.05, 3.63) is 18.2 Å². The Hall–Kier alpha value is -1.27. The fraction of sp³-hybridized carbons (Fsp3) is 0.538. The van der Waals surface area contributed by atoms with Crippen molar-refractivity contribution in [2.75, 3.05) is 17.6 Å². The molecule has 0 radical (unpaired) electrons. The molecule has 1 fully saturated rings. The third-order valence-corrected chi connectivity index (χ3v) is 5.01. The first-order chi connectivity index (χ1) is 8.74. The predicted octanol–water partition coefficient (Wildman–Crippen LogP) is 1.76. The van der Waals surface area contributed by atoms with E-state index in [1.807, 2.05) is 0 Å². The van der Waals surface area contributed by atoms with Crippen molar-refractivity contribution < 1.29 is 8.42 Å². The first-order valence-electron chi connectivity index (χ1n) is 6.41. The number of hydrogen-bond donors (Lipinski definition) is 3. The average molecular weight is 283 g/mol. The number of rotatable bonds is 5. The highest BCUT2D eigenvalue weighted by Gasteiger charge is 2.44. The summed E-state index contributed by atoms with van der Waals surface area (Å²) in [7, 11) is -3.69. The first kappa shape index (κ1) is 14.1. The van der Waals surface area contributed by atoms with Crippen LogP contribution in [0.25, 0.3) is 0 Å². The van der Waals surface area contributed by atoms with E-state index < -0.39 is 10.0 Å². The van der Waals surface area contributed by atoms with Crippen LogP contribution in [0.2, 0.25) is 0 Å². The average Bonchev–Trinajstić information content (AvgIpc) is 3.07. The highest BCUT2D eigenvalue weighted by molar-refractivity contribution is 7.89. The summed E-state index contributed by atoms with van der Waals surface area (Å²) >= 11 is 0. The molecule has 1 aromatic rings. The van der Waals surface area contributed by atoms with Gasteiger partial charge in [-0.3, -0.25) is 0 Å². The molecule has 1 aromatic carbocycles. The van der Waals surface area contributed by atoms with Crippen LogP contribution in [0, 0.1) is 11.3 Å². The summed E-state index contributed by atoms with van der Waals surface area (Å²) in [6.45, 7) is 5.31. The van der Waals surface area contributed by atoms with E-state index in [1.165, 1.54) is 25.0 Å². The van der Waals surface area contributed by atoms with E-state index in [4.69, 9.17) is 10.9 Å². The van der Waals surface area contributed by atoms with Crippen molar-refractivity contribution in [2.45, 2.75) is 31.6 Å². The van der Waals surface area contributed by atoms with Gasteiger partial charge in [0.2, 0.25) is 10.0 Å². The third-order valence-electron chi connectivity index (χ3n) is 4.10. The molecule has 0 atom stereocenters. The molecule has 0 bridgehead atoms. The van der Waals surface area contributed by atoms with Crippen molar-refractivity contribution in [2.24, 2.45) is 16.5 Å². The SMILES string of the molecule is CC(C)C1(CNc2ccc(S(N)(=O)=O)cc2N)CC1. The van der Waals surface area contributed by atoms with Gasteiger partial charge in [-0.25, -0.2) is 13.6 Å². The molecule has 0 aliphatic heterocycles. The largest absolute Gasteiger partial charge is 0.397 e. The maximum absolute atomic E-state index is 11.2. The molecule has 0 saturated heterocycles. The van der Waals surface area contributed by atoms with Crippen LogP contribution in [0.3, 0.4) is 0 Å². The van der Waals surface area contributed by atoms with E-state index in [1.54, 1.807) is 6.07 Å². The van der Waals surface area contributed by atoms with Crippen LogP contribution >= 0.6 is 0 Å². The Kier molecular flexibility index (Phi) is 3.49. The Morgan fingerprint density at radius 1 is 1.37 bits per heavy atom. The standard InChI is InChI=1S/C13H21N3O2S/c1-9(2)13(5-6-13)8-16-12-4-3-10(7-11(12)14)19(15,17)18/h3-4,7,9,16H,5-6,8,14H2,1-2H3,(H2,15,17,18). The normalized spacial score (nSPS) is 17.5. The van der Waals surface area contributed by atoms with E-state index in [9.17, 15) is 8.42 Å². The van der Waals surface area contributed by atoms with Gasteiger partial charge in [0.05, 0.1) is 16.3 Å². The lowest BCUT2D eigenvalue weighted by atomic mass is 9.92. The topological polar surface area (TPSA) is 98.2 Å². The fourth-order valence-corrected chi connectivity index (χ4v) is 2.82. The molecule has 5 N–H and O–H groups in total. The van der Waals surface area contributed by atoms with E-state index in [0.717, 1.165) is 12.2 Å². The van der Waals surface area contributed by atoms with Gasteiger partial charge >= 0.3 is 0 Å². The molecular formula is C13H21N3O2S. The summed E-state index contributed by atoms with van der Waals surface area (Å²) < 4.78 is 22.4. The highest BCUT2D eigenvalue weighted by Crippen LogP contribution is 2.51. The predicted molar refractivity (Wildman–Crippen MR) is 77.2 cm³/mol. The molecule has 0 heterocycles. The van der Waals surface area contributed by atoms with E-state index in [0.29, 0.717) is 17.0 Å². The zero-order chi connectivity index (χ0) is 14.3. The third kappa shape index (κ3) is 3.01. The summed E-state index contributed by atoms with van der Waals surface area (Å²) in [5, 5.41) is 8.38. The molecule has 6 heteroatoms. The number of hydrogen-bond acceptors (Lipinski definition) is 4. The summed E-state index contributed by atoms with van der Waals surface area (Å²) in [5.41, 5.74) is 7.40. The number of anilines is 2. The van der Waals surface area contributed by atoms with Crippen LogP contribution in [0.4, 0.5) is 11.4 Å². The van der Waals surface area contributed by atoms with Gasteiger partial charge in [-0.05, 0) is 42.4 Å². The number of nitrogens with two attached hydrogens (primary N) is 2. The molecule has 19 heavy (non-hydrogen) atoms. The Balaban J connectivity index is 2.10. The van der Waals surface area contributed by atoms with Gasteiger partial charge in [0.25, 0.3) is 0 Å². The van der Waals surface area contributed by atoms with Crippen LogP contribution in [-0.2, 0) is 10.0 Å². The number of nitrogens with one attached hydrogen (secondary N) is 1. The summed E-state index contributed by atoms with van der Waals surface area (Å²) in [6.07, 6.45) is 2.46. The Morgan fingerprint density at radius 3 is 2.42 bits per heavy atom. The van der Waals surface area contributed by atoms with Gasteiger partial charge in [0, 0.05) is 6.54 Å². The maximum Gasteiger partial charge on any atom is 0.238 e. The van der Waals surface area contributed by atoms with Crippen LogP contribution in [0.15, 0.2) is 23.1 Å². The van der Waals surface area contributed by atoms with Gasteiger partial charge in [-0.15, -0.1) is 0 Å². The van der Waals surface area contributed by atoms with Gasteiger partial charge in [-0.1, -0.05) is 13.8 Å². The Morgan fingerprint density at radius 2 is 2.00 bits per heavy atom. The minimum absolute atomic E-state index is 0.0422. The summed E-state index contributed by atoms with van der Waals surface area (Å²) in [6, 6.07) is 4.54. The lowest BCUT2D eigenvalue weighted by Gasteiger charge is -2.21. The summed E-state index contributed by atoms with van der Waals surface area (Å²) in [5.74, 6) is 0.630. The zero-order valence-corrected chi connectivity index (χ0v) is 12.1. The quantitative estimate of drug-likeness (QED) is 0.717. The van der Waals surface area contributed by atoms with E-state index in [2.05, 4.69) is 19.2 Å². The van der Waals surface area contributed by atoms with Gasteiger partial charge in [-0.2, -0.15) is 0 Å². The van der Waals surface area contributed by atoms with Crippen LogP contribution in [0.5, 0.6) is 0 Å². The second-order valence-electron chi connectivity index (χ2n) is 5.66. The maximum atomic E-state index is 11.2. The molecule has 1 saturated carbocycles. The molecule has 1 aliphatic carbocycles. The number of nitrogen functional groups attached to an aromatic ring is 1. The molecule has 0 aromatic heterocycles. The molecule has 106 valence electrons. The minimum Gasteiger partial charge on any atom is -0.397 e. The van der Waals surface area contributed by atoms with E-state index >= 15 is 0 Å². The van der Waals surface area contributed by atoms with Crippen molar-refractivity contribution in [3.63, 3.8) is 0 Å². The number of primary sulfonamides is 1. The van der Waals surface area contributed by atoms with Crippen LogP contribution < -0.4 is 16.2 Å². The Labute approximate surface area is 114 Å². The fourth-order valence-electron chi connectivity index (χ4n) is 2.27.